The van der Waals surface area contributed by atoms with Crippen molar-refractivity contribution in [3.05, 3.63) is 16.4 Å². The Balaban J connectivity index is 2.71. The number of rotatable bonds is 6. The minimum Gasteiger partial charge on any atom is -0.327 e. The van der Waals surface area contributed by atoms with Gasteiger partial charge in [0.1, 0.15) is 0 Å². The summed E-state index contributed by atoms with van der Waals surface area (Å²) in [4.78, 5) is 0. The van der Waals surface area contributed by atoms with E-state index in [0.29, 0.717) is 0 Å². The van der Waals surface area contributed by atoms with E-state index >= 15 is 0 Å². The van der Waals surface area contributed by atoms with Crippen LogP contribution in [0.15, 0.2) is 0 Å². The molecular formula is C11H20ClN3S. The van der Waals surface area contributed by atoms with Crippen molar-refractivity contribution in [3.63, 3.8) is 0 Å². The monoisotopic (exact) mass is 261 g/mol. The topological polar surface area (TPSA) is 43.8 Å². The van der Waals surface area contributed by atoms with Crippen LogP contribution in [-0.4, -0.2) is 27.8 Å². The molecule has 0 saturated carbocycles. The second-order valence-electron chi connectivity index (χ2n) is 3.91. The third-order valence-corrected chi connectivity index (χ3v) is 3.74. The lowest BCUT2D eigenvalue weighted by Gasteiger charge is -2.12. The van der Waals surface area contributed by atoms with E-state index in [4.69, 9.17) is 17.3 Å². The molecule has 1 heterocycles. The number of thioether (sulfide) groups is 1. The Bertz CT molecular complexity index is 338. The van der Waals surface area contributed by atoms with Crippen LogP contribution in [0, 0.1) is 6.92 Å². The number of hydrogen-bond donors (Lipinski definition) is 1. The average Bonchev–Trinajstić information content (AvgIpc) is 2.54. The molecule has 3 nitrogen and oxygen atoms in total. The third kappa shape index (κ3) is 3.40. The van der Waals surface area contributed by atoms with Gasteiger partial charge in [-0.05, 0) is 32.3 Å². The molecule has 1 aromatic heterocycles. The fourth-order valence-electron chi connectivity index (χ4n) is 1.68. The third-order valence-electron chi connectivity index (χ3n) is 2.60. The Morgan fingerprint density at radius 3 is 2.81 bits per heavy atom. The first-order valence-electron chi connectivity index (χ1n) is 5.56. The van der Waals surface area contributed by atoms with Gasteiger partial charge in [-0.3, -0.25) is 4.68 Å². The van der Waals surface area contributed by atoms with E-state index in [1.54, 1.807) is 0 Å². The van der Waals surface area contributed by atoms with Gasteiger partial charge < -0.3 is 5.73 Å². The van der Waals surface area contributed by atoms with Crippen LogP contribution in [0.2, 0.25) is 5.02 Å². The first-order chi connectivity index (χ1) is 7.60. The normalized spacial score (nSPS) is 13.1. The summed E-state index contributed by atoms with van der Waals surface area (Å²) >= 11 is 8.05. The van der Waals surface area contributed by atoms with Crippen molar-refractivity contribution >= 4 is 23.4 Å². The van der Waals surface area contributed by atoms with Gasteiger partial charge in [-0.1, -0.05) is 11.6 Å². The average molecular weight is 262 g/mol. The molecule has 16 heavy (non-hydrogen) atoms. The summed E-state index contributed by atoms with van der Waals surface area (Å²) in [5.74, 6) is 1.10. The van der Waals surface area contributed by atoms with Crippen molar-refractivity contribution in [2.24, 2.45) is 5.73 Å². The maximum atomic E-state index is 6.23. The molecule has 0 aliphatic heterocycles. The van der Waals surface area contributed by atoms with Crippen LogP contribution in [0.1, 0.15) is 24.7 Å². The standard InChI is InChI=1S/C11H20ClN3S/c1-4-15-10(11(12)8(2)14-15)7-9(13)5-6-16-3/h9H,4-7,13H2,1-3H3. The Kier molecular flexibility index (Phi) is 5.66. The molecule has 0 spiro atoms. The molecule has 0 amide bonds. The van der Waals surface area contributed by atoms with Crippen LogP contribution in [-0.2, 0) is 13.0 Å². The zero-order chi connectivity index (χ0) is 12.1. The zero-order valence-corrected chi connectivity index (χ0v) is 11.7. The maximum absolute atomic E-state index is 6.23. The van der Waals surface area contributed by atoms with Gasteiger partial charge in [-0.2, -0.15) is 16.9 Å². The molecule has 0 saturated heterocycles. The Morgan fingerprint density at radius 2 is 2.25 bits per heavy atom. The van der Waals surface area contributed by atoms with Crippen molar-refractivity contribution in [2.45, 2.75) is 39.3 Å². The van der Waals surface area contributed by atoms with E-state index in [1.165, 1.54) is 0 Å². The molecule has 2 N–H and O–H groups in total. The van der Waals surface area contributed by atoms with Gasteiger partial charge in [0, 0.05) is 19.0 Å². The lowest BCUT2D eigenvalue weighted by atomic mass is 10.1. The van der Waals surface area contributed by atoms with Crippen LogP contribution in [0.4, 0.5) is 0 Å². The Labute approximate surface area is 107 Å². The van der Waals surface area contributed by atoms with E-state index in [1.807, 2.05) is 23.4 Å². The number of hydrogen-bond acceptors (Lipinski definition) is 3. The molecule has 1 aromatic rings. The van der Waals surface area contributed by atoms with E-state index in [-0.39, 0.29) is 6.04 Å². The molecule has 5 heteroatoms. The largest absolute Gasteiger partial charge is 0.327 e. The smallest absolute Gasteiger partial charge is 0.0847 e. The molecule has 92 valence electrons. The molecule has 0 radical (unpaired) electrons. The van der Waals surface area contributed by atoms with Crippen molar-refractivity contribution in [1.29, 1.82) is 0 Å². The summed E-state index contributed by atoms with van der Waals surface area (Å²) in [5, 5.41) is 5.17. The first-order valence-corrected chi connectivity index (χ1v) is 7.33. The summed E-state index contributed by atoms with van der Waals surface area (Å²) in [6, 6.07) is 0.173. The number of nitrogens with zero attached hydrogens (tertiary/aromatic N) is 2. The maximum Gasteiger partial charge on any atom is 0.0847 e. The number of aryl methyl sites for hydroxylation is 2. The number of nitrogens with two attached hydrogens (primary N) is 1. The van der Waals surface area contributed by atoms with Crippen molar-refractivity contribution in [1.82, 2.24) is 9.78 Å². The van der Waals surface area contributed by atoms with Crippen LogP contribution >= 0.6 is 23.4 Å². The van der Waals surface area contributed by atoms with Crippen molar-refractivity contribution in [2.75, 3.05) is 12.0 Å². The van der Waals surface area contributed by atoms with E-state index in [9.17, 15) is 0 Å². The summed E-state index contributed by atoms with van der Waals surface area (Å²) in [6.45, 7) is 4.85. The second-order valence-corrected chi connectivity index (χ2v) is 5.27. The summed E-state index contributed by atoms with van der Waals surface area (Å²) in [5.41, 5.74) is 8.06. The van der Waals surface area contributed by atoms with E-state index in [0.717, 1.165) is 41.5 Å². The molecule has 1 atom stereocenters. The first kappa shape index (κ1) is 13.9. The van der Waals surface area contributed by atoms with E-state index < -0.39 is 0 Å². The highest BCUT2D eigenvalue weighted by Crippen LogP contribution is 2.22. The van der Waals surface area contributed by atoms with Gasteiger partial charge in [0.15, 0.2) is 0 Å². The van der Waals surface area contributed by atoms with Crippen LogP contribution < -0.4 is 5.73 Å². The second kappa shape index (κ2) is 6.52. The van der Waals surface area contributed by atoms with Crippen LogP contribution in [0.5, 0.6) is 0 Å². The highest BCUT2D eigenvalue weighted by atomic mass is 35.5. The van der Waals surface area contributed by atoms with Crippen molar-refractivity contribution < 1.29 is 0 Å². The lowest BCUT2D eigenvalue weighted by molar-refractivity contribution is 0.570. The van der Waals surface area contributed by atoms with Gasteiger partial charge >= 0.3 is 0 Å². The highest BCUT2D eigenvalue weighted by Gasteiger charge is 2.15. The summed E-state index contributed by atoms with van der Waals surface area (Å²) < 4.78 is 1.95. The zero-order valence-electron chi connectivity index (χ0n) is 10.2. The van der Waals surface area contributed by atoms with Gasteiger partial charge in [0.25, 0.3) is 0 Å². The predicted molar refractivity (Wildman–Crippen MR) is 72.3 cm³/mol. The van der Waals surface area contributed by atoms with Gasteiger partial charge in [0.2, 0.25) is 0 Å². The molecule has 0 aromatic carbocycles. The Hall–Kier alpha value is -0.190. The summed E-state index contributed by atoms with van der Waals surface area (Å²) in [6.07, 6.45) is 3.93. The number of aromatic nitrogens is 2. The van der Waals surface area contributed by atoms with Gasteiger partial charge in [-0.15, -0.1) is 0 Å². The molecule has 1 unspecified atom stereocenters. The number of halogens is 1. The quantitative estimate of drug-likeness (QED) is 0.856. The van der Waals surface area contributed by atoms with Crippen LogP contribution in [0.25, 0.3) is 0 Å². The fraction of sp³-hybridized carbons (Fsp3) is 0.727. The minimum atomic E-state index is 0.173. The molecule has 0 aliphatic carbocycles. The minimum absolute atomic E-state index is 0.173. The molecule has 1 rings (SSSR count). The van der Waals surface area contributed by atoms with Gasteiger partial charge in [-0.25, -0.2) is 0 Å². The molecule has 0 aliphatic rings. The molecule has 0 bridgehead atoms. The van der Waals surface area contributed by atoms with Crippen molar-refractivity contribution in [3.8, 4) is 0 Å². The molecule has 0 fully saturated rings. The fourth-order valence-corrected chi connectivity index (χ4v) is 2.43. The predicted octanol–water partition coefficient (Wildman–Crippen LogP) is 2.49. The summed E-state index contributed by atoms with van der Waals surface area (Å²) in [7, 11) is 0. The highest BCUT2D eigenvalue weighted by molar-refractivity contribution is 7.98. The van der Waals surface area contributed by atoms with Gasteiger partial charge in [0.05, 0.1) is 16.4 Å². The molecular weight excluding hydrogens is 242 g/mol. The van der Waals surface area contributed by atoms with E-state index in [2.05, 4.69) is 18.3 Å². The van der Waals surface area contributed by atoms with Crippen LogP contribution in [0.3, 0.4) is 0 Å². The lowest BCUT2D eigenvalue weighted by Crippen LogP contribution is -2.25. The SMILES string of the molecule is CCn1nc(C)c(Cl)c1CC(N)CCSC. The Morgan fingerprint density at radius 1 is 1.56 bits per heavy atom.